The molecule has 1 aromatic carbocycles. The largest absolute Gasteiger partial charge is 0.472 e. The molecule has 0 saturated heterocycles. The second-order valence-electron chi connectivity index (χ2n) is 4.13. The first-order valence-electron chi connectivity index (χ1n) is 5.58. The standard InChI is InChI=1S/C12H14N4O3/c1-15(7-9-2-3-19-8-9)11-4-10(14-13)5-12(6-11)16(17)18/h2-6,8,14H,7,13H2,1H3. The summed E-state index contributed by atoms with van der Waals surface area (Å²) in [6.45, 7) is 0.585. The van der Waals surface area contributed by atoms with Crippen molar-refractivity contribution < 1.29 is 9.34 Å². The zero-order chi connectivity index (χ0) is 13.8. The third-order valence-corrected chi connectivity index (χ3v) is 2.72. The summed E-state index contributed by atoms with van der Waals surface area (Å²) >= 11 is 0. The predicted octanol–water partition coefficient (Wildman–Crippen LogP) is 2.11. The molecule has 0 bridgehead atoms. The van der Waals surface area contributed by atoms with Crippen molar-refractivity contribution in [3.63, 3.8) is 0 Å². The van der Waals surface area contributed by atoms with E-state index in [9.17, 15) is 10.1 Å². The van der Waals surface area contributed by atoms with Crippen LogP contribution in [0.4, 0.5) is 17.1 Å². The lowest BCUT2D eigenvalue weighted by Crippen LogP contribution is -2.17. The van der Waals surface area contributed by atoms with Crippen LogP contribution in [0.25, 0.3) is 0 Å². The van der Waals surface area contributed by atoms with Crippen molar-refractivity contribution in [3.8, 4) is 0 Å². The van der Waals surface area contributed by atoms with Crippen LogP contribution in [0.2, 0.25) is 0 Å². The molecule has 0 radical (unpaired) electrons. The smallest absolute Gasteiger partial charge is 0.273 e. The molecule has 1 aromatic heterocycles. The number of furan rings is 1. The van der Waals surface area contributed by atoms with E-state index in [0.29, 0.717) is 17.9 Å². The lowest BCUT2D eigenvalue weighted by Gasteiger charge is -2.19. The Bertz CT molecular complexity index is 568. The number of nitrogens with one attached hydrogen (secondary N) is 1. The van der Waals surface area contributed by atoms with Crippen molar-refractivity contribution in [2.75, 3.05) is 17.4 Å². The Labute approximate surface area is 109 Å². The SMILES string of the molecule is CN(Cc1ccoc1)c1cc(NN)cc([N+](=O)[O-])c1. The lowest BCUT2D eigenvalue weighted by atomic mass is 10.2. The molecule has 7 heteroatoms. The number of nitro groups is 1. The maximum atomic E-state index is 10.9. The van der Waals surface area contributed by atoms with Gasteiger partial charge < -0.3 is 14.7 Å². The number of nitrogens with zero attached hydrogens (tertiary/aromatic N) is 2. The fourth-order valence-corrected chi connectivity index (χ4v) is 1.75. The van der Waals surface area contributed by atoms with E-state index in [-0.39, 0.29) is 5.69 Å². The van der Waals surface area contributed by atoms with Crippen molar-refractivity contribution in [1.29, 1.82) is 0 Å². The number of non-ortho nitro benzene ring substituents is 1. The van der Waals surface area contributed by atoms with Gasteiger partial charge in [-0.15, -0.1) is 0 Å². The fraction of sp³-hybridized carbons (Fsp3) is 0.167. The van der Waals surface area contributed by atoms with E-state index in [1.807, 2.05) is 18.0 Å². The van der Waals surface area contributed by atoms with Crippen molar-refractivity contribution >= 4 is 17.1 Å². The summed E-state index contributed by atoms with van der Waals surface area (Å²) < 4.78 is 4.99. The van der Waals surface area contributed by atoms with Crippen LogP contribution in [0.1, 0.15) is 5.56 Å². The lowest BCUT2D eigenvalue weighted by molar-refractivity contribution is -0.384. The van der Waals surface area contributed by atoms with E-state index in [1.54, 1.807) is 18.6 Å². The van der Waals surface area contributed by atoms with Crippen LogP contribution in [0.5, 0.6) is 0 Å². The summed E-state index contributed by atoms with van der Waals surface area (Å²) in [6.07, 6.45) is 3.22. The molecule has 2 rings (SSSR count). The number of benzene rings is 1. The second kappa shape index (κ2) is 5.40. The highest BCUT2D eigenvalue weighted by molar-refractivity contribution is 5.64. The molecule has 0 aliphatic rings. The first kappa shape index (κ1) is 12.9. The van der Waals surface area contributed by atoms with Crippen LogP contribution in [0.15, 0.2) is 41.2 Å². The molecular formula is C12H14N4O3. The van der Waals surface area contributed by atoms with E-state index in [2.05, 4.69) is 5.43 Å². The maximum Gasteiger partial charge on any atom is 0.273 e. The Morgan fingerprint density at radius 2 is 2.26 bits per heavy atom. The van der Waals surface area contributed by atoms with Crippen molar-refractivity contribution in [1.82, 2.24) is 0 Å². The molecule has 0 amide bonds. The maximum absolute atomic E-state index is 10.9. The Hall–Kier alpha value is -2.54. The number of rotatable bonds is 5. The summed E-state index contributed by atoms with van der Waals surface area (Å²) in [7, 11) is 1.84. The van der Waals surface area contributed by atoms with Crippen LogP contribution < -0.4 is 16.2 Å². The van der Waals surface area contributed by atoms with Crippen LogP contribution in [-0.4, -0.2) is 12.0 Å². The average Bonchev–Trinajstić information content (AvgIpc) is 2.90. The number of nitro benzene ring substituents is 1. The van der Waals surface area contributed by atoms with Crippen LogP contribution in [-0.2, 0) is 6.54 Å². The molecule has 0 atom stereocenters. The zero-order valence-electron chi connectivity index (χ0n) is 10.4. The van der Waals surface area contributed by atoms with Gasteiger partial charge in [-0.2, -0.15) is 0 Å². The van der Waals surface area contributed by atoms with Gasteiger partial charge in [0.25, 0.3) is 5.69 Å². The summed E-state index contributed by atoms with van der Waals surface area (Å²) in [6, 6.07) is 6.47. The quantitative estimate of drug-likeness (QED) is 0.486. The Balaban J connectivity index is 2.27. The van der Waals surface area contributed by atoms with Crippen molar-refractivity contribution in [2.24, 2.45) is 5.84 Å². The first-order chi connectivity index (χ1) is 9.10. The molecule has 0 fully saturated rings. The molecule has 19 heavy (non-hydrogen) atoms. The number of hydrazine groups is 1. The number of nitrogens with two attached hydrogens (primary N) is 1. The minimum atomic E-state index is -0.448. The number of hydrogen-bond acceptors (Lipinski definition) is 6. The van der Waals surface area contributed by atoms with Crippen LogP contribution in [0.3, 0.4) is 0 Å². The molecule has 0 saturated carbocycles. The number of hydrogen-bond donors (Lipinski definition) is 2. The monoisotopic (exact) mass is 262 g/mol. The molecule has 7 nitrogen and oxygen atoms in total. The Morgan fingerprint density at radius 1 is 1.47 bits per heavy atom. The third kappa shape index (κ3) is 3.02. The van der Waals surface area contributed by atoms with Gasteiger partial charge >= 0.3 is 0 Å². The minimum absolute atomic E-state index is 0.00973. The van der Waals surface area contributed by atoms with E-state index in [4.69, 9.17) is 10.3 Å². The van der Waals surface area contributed by atoms with Gasteiger partial charge in [-0.25, -0.2) is 0 Å². The normalized spacial score (nSPS) is 10.2. The molecule has 0 unspecified atom stereocenters. The third-order valence-electron chi connectivity index (χ3n) is 2.72. The van der Waals surface area contributed by atoms with Gasteiger partial charge in [-0.3, -0.25) is 16.0 Å². The van der Waals surface area contributed by atoms with E-state index < -0.39 is 4.92 Å². The van der Waals surface area contributed by atoms with E-state index in [1.165, 1.54) is 12.1 Å². The highest BCUT2D eigenvalue weighted by Crippen LogP contribution is 2.26. The molecule has 3 N–H and O–H groups in total. The Morgan fingerprint density at radius 3 is 2.84 bits per heavy atom. The molecule has 0 spiro atoms. The van der Waals surface area contributed by atoms with Gasteiger partial charge in [0, 0.05) is 37.0 Å². The summed E-state index contributed by atoms with van der Waals surface area (Å²) in [5, 5.41) is 10.9. The fourth-order valence-electron chi connectivity index (χ4n) is 1.75. The predicted molar refractivity (Wildman–Crippen MR) is 71.7 cm³/mol. The summed E-state index contributed by atoms with van der Waals surface area (Å²) in [5.41, 5.74) is 4.59. The van der Waals surface area contributed by atoms with Crippen LogP contribution in [0, 0.1) is 10.1 Å². The van der Waals surface area contributed by atoms with Gasteiger partial charge in [-0.1, -0.05) is 0 Å². The summed E-state index contributed by atoms with van der Waals surface area (Å²) in [4.78, 5) is 12.3. The molecular weight excluding hydrogens is 248 g/mol. The van der Waals surface area contributed by atoms with Crippen LogP contribution >= 0.6 is 0 Å². The zero-order valence-corrected chi connectivity index (χ0v) is 10.4. The highest BCUT2D eigenvalue weighted by Gasteiger charge is 2.12. The molecule has 0 aliphatic carbocycles. The van der Waals surface area contributed by atoms with Crippen molar-refractivity contribution in [3.05, 3.63) is 52.5 Å². The highest BCUT2D eigenvalue weighted by atomic mass is 16.6. The second-order valence-corrected chi connectivity index (χ2v) is 4.13. The number of anilines is 2. The van der Waals surface area contributed by atoms with Gasteiger partial charge in [0.2, 0.25) is 0 Å². The van der Waals surface area contributed by atoms with Gasteiger partial charge in [0.1, 0.15) is 0 Å². The molecule has 2 aromatic rings. The van der Waals surface area contributed by atoms with Gasteiger partial charge in [-0.05, 0) is 12.1 Å². The van der Waals surface area contributed by atoms with Gasteiger partial charge in [0.05, 0.1) is 23.1 Å². The topological polar surface area (TPSA) is 97.6 Å². The minimum Gasteiger partial charge on any atom is -0.472 e. The average molecular weight is 262 g/mol. The molecule has 0 aliphatic heterocycles. The Kier molecular flexibility index (Phi) is 3.67. The van der Waals surface area contributed by atoms with E-state index in [0.717, 1.165) is 5.56 Å². The molecule has 100 valence electrons. The van der Waals surface area contributed by atoms with Gasteiger partial charge in [0.15, 0.2) is 0 Å². The van der Waals surface area contributed by atoms with E-state index >= 15 is 0 Å². The first-order valence-corrected chi connectivity index (χ1v) is 5.58. The van der Waals surface area contributed by atoms with Crippen molar-refractivity contribution in [2.45, 2.75) is 6.54 Å². The number of nitrogen functional groups attached to an aromatic ring is 1. The summed E-state index contributed by atoms with van der Waals surface area (Å²) in [5.74, 6) is 5.32. The molecule has 1 heterocycles.